The van der Waals surface area contributed by atoms with E-state index in [1.54, 1.807) is 4.68 Å². The lowest BCUT2D eigenvalue weighted by Gasteiger charge is -2.24. The van der Waals surface area contributed by atoms with Gasteiger partial charge in [-0.3, -0.25) is 0 Å². The van der Waals surface area contributed by atoms with Gasteiger partial charge < -0.3 is 5.32 Å². The molecule has 1 atom stereocenters. The first-order chi connectivity index (χ1) is 10.4. The fourth-order valence-corrected chi connectivity index (χ4v) is 2.68. The summed E-state index contributed by atoms with van der Waals surface area (Å²) in [4.78, 5) is 4.14. The van der Waals surface area contributed by atoms with Crippen LogP contribution < -0.4 is 5.32 Å². The molecule has 1 aliphatic heterocycles. The third-order valence-corrected chi connectivity index (χ3v) is 3.74. The Balaban J connectivity index is 1.78. The zero-order valence-electron chi connectivity index (χ0n) is 11.6. The third kappa shape index (κ3) is 2.96. The first-order valence-electron chi connectivity index (χ1n) is 6.92. The van der Waals surface area contributed by atoms with Crippen molar-refractivity contribution in [3.8, 4) is 0 Å². The van der Waals surface area contributed by atoms with E-state index in [1.165, 1.54) is 12.4 Å². The van der Waals surface area contributed by atoms with Crippen molar-refractivity contribution in [2.75, 3.05) is 0 Å². The molecule has 22 heavy (non-hydrogen) atoms. The molecule has 1 aromatic carbocycles. The SMILES string of the molecule is Fc1ccc(CN[C@@H]2CCCn3ncnc32)c(C(F)(F)F)c1. The van der Waals surface area contributed by atoms with Crippen LogP contribution in [0.1, 0.15) is 35.8 Å². The van der Waals surface area contributed by atoms with Gasteiger partial charge in [0.25, 0.3) is 0 Å². The van der Waals surface area contributed by atoms with Gasteiger partial charge in [-0.15, -0.1) is 0 Å². The summed E-state index contributed by atoms with van der Waals surface area (Å²) in [5.74, 6) is -0.171. The zero-order valence-corrected chi connectivity index (χ0v) is 11.6. The molecule has 0 bridgehead atoms. The van der Waals surface area contributed by atoms with E-state index >= 15 is 0 Å². The summed E-state index contributed by atoms with van der Waals surface area (Å²) in [5, 5.41) is 7.13. The summed E-state index contributed by atoms with van der Waals surface area (Å²) in [6, 6.07) is 2.58. The van der Waals surface area contributed by atoms with Crippen LogP contribution in [0.25, 0.3) is 0 Å². The molecule has 0 radical (unpaired) electrons. The molecular formula is C14H14F4N4. The van der Waals surface area contributed by atoms with Crippen molar-refractivity contribution < 1.29 is 17.6 Å². The quantitative estimate of drug-likeness (QED) is 0.886. The molecule has 118 valence electrons. The van der Waals surface area contributed by atoms with E-state index in [0.29, 0.717) is 6.07 Å². The summed E-state index contributed by atoms with van der Waals surface area (Å²) >= 11 is 0. The summed E-state index contributed by atoms with van der Waals surface area (Å²) in [5.41, 5.74) is -0.928. The fraction of sp³-hybridized carbons (Fsp3) is 0.429. The second-order valence-electron chi connectivity index (χ2n) is 5.22. The molecule has 0 spiro atoms. The van der Waals surface area contributed by atoms with Gasteiger partial charge in [0.05, 0.1) is 11.6 Å². The van der Waals surface area contributed by atoms with Gasteiger partial charge >= 0.3 is 6.18 Å². The number of alkyl halides is 3. The maximum Gasteiger partial charge on any atom is 0.416 e. The molecule has 0 saturated carbocycles. The maximum absolute atomic E-state index is 13.1. The van der Waals surface area contributed by atoms with E-state index in [2.05, 4.69) is 15.4 Å². The summed E-state index contributed by atoms with van der Waals surface area (Å²) in [6.07, 6.45) is -1.48. The van der Waals surface area contributed by atoms with E-state index in [-0.39, 0.29) is 18.2 Å². The van der Waals surface area contributed by atoms with Gasteiger partial charge in [-0.25, -0.2) is 14.1 Å². The van der Waals surface area contributed by atoms with E-state index < -0.39 is 17.6 Å². The minimum absolute atomic E-state index is 0.00729. The number of aromatic nitrogens is 3. The van der Waals surface area contributed by atoms with Crippen LogP contribution in [0.3, 0.4) is 0 Å². The molecule has 3 rings (SSSR count). The average molecular weight is 314 g/mol. The van der Waals surface area contributed by atoms with Crippen LogP contribution in [0, 0.1) is 5.82 Å². The lowest BCUT2D eigenvalue weighted by atomic mass is 10.0. The lowest BCUT2D eigenvalue weighted by Crippen LogP contribution is -2.29. The molecule has 0 unspecified atom stereocenters. The third-order valence-electron chi connectivity index (χ3n) is 3.74. The highest BCUT2D eigenvalue weighted by molar-refractivity contribution is 5.30. The van der Waals surface area contributed by atoms with Crippen LogP contribution in [0.4, 0.5) is 17.6 Å². The molecule has 0 fully saturated rings. The summed E-state index contributed by atoms with van der Waals surface area (Å²) in [7, 11) is 0. The molecule has 0 aliphatic carbocycles. The Bertz CT molecular complexity index is 665. The molecule has 8 heteroatoms. The Labute approximate surface area is 124 Å². The number of hydrogen-bond acceptors (Lipinski definition) is 3. The van der Waals surface area contributed by atoms with Gasteiger partial charge in [-0.1, -0.05) is 6.07 Å². The highest BCUT2D eigenvalue weighted by Gasteiger charge is 2.34. The normalized spacial score (nSPS) is 18.3. The van der Waals surface area contributed by atoms with Crippen LogP contribution in [0.5, 0.6) is 0 Å². The first-order valence-corrected chi connectivity index (χ1v) is 6.92. The number of rotatable bonds is 3. The molecular weight excluding hydrogens is 300 g/mol. The second-order valence-corrected chi connectivity index (χ2v) is 5.22. The van der Waals surface area contributed by atoms with Gasteiger partial charge in [0.2, 0.25) is 0 Å². The number of nitrogens with one attached hydrogen (secondary N) is 1. The Hall–Kier alpha value is -1.96. The number of aryl methyl sites for hydroxylation is 1. The van der Waals surface area contributed by atoms with E-state index in [9.17, 15) is 17.6 Å². The number of nitrogens with zero attached hydrogens (tertiary/aromatic N) is 3. The minimum Gasteiger partial charge on any atom is -0.303 e. The van der Waals surface area contributed by atoms with E-state index in [0.717, 1.165) is 31.3 Å². The standard InChI is InChI=1S/C14H14F4N4/c15-10-4-3-9(11(6-10)14(16,17)18)7-19-12-2-1-5-22-13(12)20-8-21-22/h3-4,6,8,12,19H,1-2,5,7H2/t12-/m1/s1. The molecule has 4 nitrogen and oxygen atoms in total. The number of hydrogen-bond donors (Lipinski definition) is 1. The highest BCUT2D eigenvalue weighted by atomic mass is 19.4. The molecule has 1 N–H and O–H groups in total. The van der Waals surface area contributed by atoms with Crippen molar-refractivity contribution in [3.63, 3.8) is 0 Å². The van der Waals surface area contributed by atoms with Crippen molar-refractivity contribution in [2.24, 2.45) is 0 Å². The van der Waals surface area contributed by atoms with Crippen molar-refractivity contribution in [1.29, 1.82) is 0 Å². The lowest BCUT2D eigenvalue weighted by molar-refractivity contribution is -0.138. The number of benzene rings is 1. The Morgan fingerprint density at radius 2 is 2.14 bits per heavy atom. The molecule has 0 saturated heterocycles. The van der Waals surface area contributed by atoms with Gasteiger partial charge in [0.15, 0.2) is 0 Å². The molecule has 2 heterocycles. The smallest absolute Gasteiger partial charge is 0.303 e. The van der Waals surface area contributed by atoms with Crippen LogP contribution in [0.2, 0.25) is 0 Å². The Morgan fingerprint density at radius 3 is 2.91 bits per heavy atom. The topological polar surface area (TPSA) is 42.7 Å². The fourth-order valence-electron chi connectivity index (χ4n) is 2.68. The predicted octanol–water partition coefficient (Wildman–Crippen LogP) is 3.06. The largest absolute Gasteiger partial charge is 0.416 e. The monoisotopic (exact) mass is 314 g/mol. The Morgan fingerprint density at radius 1 is 1.32 bits per heavy atom. The predicted molar refractivity (Wildman–Crippen MR) is 70.2 cm³/mol. The average Bonchev–Trinajstić information content (AvgIpc) is 2.94. The summed E-state index contributed by atoms with van der Waals surface area (Å²) in [6.45, 7) is 0.754. The first kappa shape index (κ1) is 15.0. The van der Waals surface area contributed by atoms with Crippen molar-refractivity contribution in [1.82, 2.24) is 20.1 Å². The van der Waals surface area contributed by atoms with E-state index in [4.69, 9.17) is 0 Å². The van der Waals surface area contributed by atoms with Gasteiger partial charge in [-0.2, -0.15) is 18.3 Å². The Kier molecular flexibility index (Phi) is 3.86. The summed E-state index contributed by atoms with van der Waals surface area (Å²) < 4.78 is 53.7. The van der Waals surface area contributed by atoms with Gasteiger partial charge in [0.1, 0.15) is 18.0 Å². The van der Waals surface area contributed by atoms with Gasteiger partial charge in [-0.05, 0) is 30.5 Å². The minimum atomic E-state index is -4.58. The van der Waals surface area contributed by atoms with Crippen molar-refractivity contribution in [2.45, 2.75) is 38.1 Å². The molecule has 1 aliphatic rings. The van der Waals surface area contributed by atoms with Crippen LogP contribution in [-0.2, 0) is 19.3 Å². The van der Waals surface area contributed by atoms with Crippen molar-refractivity contribution >= 4 is 0 Å². The molecule has 0 amide bonds. The van der Waals surface area contributed by atoms with Crippen molar-refractivity contribution in [3.05, 3.63) is 47.3 Å². The van der Waals surface area contributed by atoms with Crippen LogP contribution in [0.15, 0.2) is 24.5 Å². The number of halogens is 4. The van der Waals surface area contributed by atoms with Crippen LogP contribution in [-0.4, -0.2) is 14.8 Å². The van der Waals surface area contributed by atoms with Crippen LogP contribution >= 0.6 is 0 Å². The van der Waals surface area contributed by atoms with Gasteiger partial charge in [0, 0.05) is 13.1 Å². The second kappa shape index (κ2) is 5.68. The highest BCUT2D eigenvalue weighted by Crippen LogP contribution is 2.33. The zero-order chi connectivity index (χ0) is 15.7. The number of fused-ring (bicyclic) bond motifs is 1. The maximum atomic E-state index is 13.1. The molecule has 1 aromatic heterocycles. The van der Waals surface area contributed by atoms with E-state index in [1.807, 2.05) is 0 Å². The molecule has 2 aromatic rings.